The van der Waals surface area contributed by atoms with Crippen molar-refractivity contribution in [3.63, 3.8) is 0 Å². The van der Waals surface area contributed by atoms with Gasteiger partial charge in [-0.1, -0.05) is 40.9 Å². The minimum Gasteiger partial charge on any atom is -0.292 e. The maximum absolute atomic E-state index is 13.9. The van der Waals surface area contributed by atoms with Gasteiger partial charge in [0, 0.05) is 26.2 Å². The lowest BCUT2D eigenvalue weighted by molar-refractivity contribution is 0.0977. The van der Waals surface area contributed by atoms with E-state index in [9.17, 15) is 14.4 Å². The number of carbonyl (C=O) groups excluding carboxylic acids is 1. The third-order valence-electron chi connectivity index (χ3n) is 2.83. The molecule has 0 fully saturated rings. The van der Waals surface area contributed by atoms with E-state index in [0.717, 1.165) is 6.07 Å². The van der Waals surface area contributed by atoms with Gasteiger partial charge in [0.1, 0.15) is 11.7 Å². The smallest absolute Gasteiger partial charge is 0.184 e. The normalized spacial score (nSPS) is 11.8. The quantitative estimate of drug-likeness (QED) is 0.712. The van der Waals surface area contributed by atoms with Crippen molar-refractivity contribution >= 4 is 40.6 Å². The van der Waals surface area contributed by atoms with Crippen LogP contribution in [-0.4, -0.2) is 5.78 Å². The van der Waals surface area contributed by atoms with Crippen LogP contribution in [0, 0.1) is 17.1 Å². The fourth-order valence-electron chi connectivity index (χ4n) is 1.90. The molecule has 1 atom stereocenters. The number of halogens is 4. The zero-order chi connectivity index (χ0) is 15.6. The summed E-state index contributed by atoms with van der Waals surface area (Å²) in [6, 6.07) is 9.93. The van der Waals surface area contributed by atoms with Gasteiger partial charge in [0.25, 0.3) is 0 Å². The molecule has 0 aromatic heterocycles. The molecule has 0 saturated carbocycles. The second kappa shape index (κ2) is 6.44. The first kappa shape index (κ1) is 15.8. The summed E-state index contributed by atoms with van der Waals surface area (Å²) in [5.74, 6) is -2.70. The maximum atomic E-state index is 13.9. The molecule has 0 aliphatic rings. The van der Waals surface area contributed by atoms with E-state index in [2.05, 4.69) is 0 Å². The van der Waals surface area contributed by atoms with Crippen molar-refractivity contribution in [2.24, 2.45) is 0 Å². The Morgan fingerprint density at radius 3 is 2.29 bits per heavy atom. The molecule has 2 aromatic rings. The van der Waals surface area contributed by atoms with Crippen molar-refractivity contribution in [2.75, 3.05) is 0 Å². The fourth-order valence-corrected chi connectivity index (χ4v) is 2.70. The van der Waals surface area contributed by atoms with Crippen molar-refractivity contribution in [3.8, 4) is 6.07 Å². The summed E-state index contributed by atoms with van der Waals surface area (Å²) in [6.07, 6.45) is 0. The first-order chi connectivity index (χ1) is 9.93. The average Bonchev–Trinajstić information content (AvgIpc) is 2.41. The van der Waals surface area contributed by atoms with E-state index in [1.54, 1.807) is 6.07 Å². The van der Waals surface area contributed by atoms with Gasteiger partial charge in [-0.05, 0) is 30.3 Å². The van der Waals surface area contributed by atoms with Gasteiger partial charge in [0.05, 0.1) is 6.07 Å². The van der Waals surface area contributed by atoms with Gasteiger partial charge in [0.2, 0.25) is 0 Å². The summed E-state index contributed by atoms with van der Waals surface area (Å²) >= 11 is 17.6. The molecule has 0 aliphatic carbocycles. The molecule has 2 rings (SSSR count). The van der Waals surface area contributed by atoms with Gasteiger partial charge in [-0.15, -0.1) is 0 Å². The lowest BCUT2D eigenvalue weighted by Gasteiger charge is -2.12. The maximum Gasteiger partial charge on any atom is 0.184 e. The number of nitrogens with zero attached hydrogens (tertiary/aromatic N) is 1. The Morgan fingerprint density at radius 1 is 1.14 bits per heavy atom. The number of carbonyl (C=O) groups is 1. The SMILES string of the molecule is N#CC(C(=O)c1cc(Cl)cc(Cl)c1)c1c(F)cccc1Cl. The molecule has 106 valence electrons. The molecule has 0 radical (unpaired) electrons. The molecule has 2 nitrogen and oxygen atoms in total. The summed E-state index contributed by atoms with van der Waals surface area (Å²) < 4.78 is 13.9. The summed E-state index contributed by atoms with van der Waals surface area (Å²) in [5.41, 5.74) is -0.0267. The van der Waals surface area contributed by atoms with Crippen LogP contribution in [0.2, 0.25) is 15.1 Å². The summed E-state index contributed by atoms with van der Waals surface area (Å²) in [4.78, 5) is 12.4. The molecule has 2 aromatic carbocycles. The second-order valence-corrected chi connectivity index (χ2v) is 5.50. The van der Waals surface area contributed by atoms with E-state index in [4.69, 9.17) is 34.8 Å². The molecule has 0 N–H and O–H groups in total. The van der Waals surface area contributed by atoms with Crippen LogP contribution < -0.4 is 0 Å². The van der Waals surface area contributed by atoms with Crippen LogP contribution in [0.3, 0.4) is 0 Å². The average molecular weight is 343 g/mol. The summed E-state index contributed by atoms with van der Waals surface area (Å²) in [5, 5.41) is 9.76. The van der Waals surface area contributed by atoms with Crippen LogP contribution in [0.1, 0.15) is 21.8 Å². The van der Waals surface area contributed by atoms with Gasteiger partial charge in [-0.2, -0.15) is 5.26 Å². The molecular weight excluding hydrogens is 336 g/mol. The highest BCUT2D eigenvalue weighted by molar-refractivity contribution is 6.35. The van der Waals surface area contributed by atoms with Gasteiger partial charge in [0.15, 0.2) is 5.78 Å². The number of Topliss-reactive ketones (excluding diaryl/α,β-unsaturated/α-hetero) is 1. The highest BCUT2D eigenvalue weighted by atomic mass is 35.5. The number of nitriles is 1. The van der Waals surface area contributed by atoms with Crippen LogP contribution in [0.25, 0.3) is 0 Å². The Hall–Kier alpha value is -1.60. The zero-order valence-corrected chi connectivity index (χ0v) is 12.7. The fraction of sp³-hybridized carbons (Fsp3) is 0.0667. The van der Waals surface area contributed by atoms with Crippen molar-refractivity contribution in [1.29, 1.82) is 5.26 Å². The summed E-state index contributed by atoms with van der Waals surface area (Å²) in [6.45, 7) is 0. The van der Waals surface area contributed by atoms with Crippen LogP contribution >= 0.6 is 34.8 Å². The minimum absolute atomic E-state index is 0.0167. The first-order valence-corrected chi connectivity index (χ1v) is 6.91. The number of benzene rings is 2. The van der Waals surface area contributed by atoms with E-state index >= 15 is 0 Å². The van der Waals surface area contributed by atoms with Crippen molar-refractivity contribution in [3.05, 3.63) is 68.4 Å². The summed E-state index contributed by atoms with van der Waals surface area (Å²) in [7, 11) is 0. The van der Waals surface area contributed by atoms with E-state index < -0.39 is 17.5 Å². The minimum atomic E-state index is -1.37. The van der Waals surface area contributed by atoms with Crippen molar-refractivity contribution in [2.45, 2.75) is 5.92 Å². The number of hydrogen-bond donors (Lipinski definition) is 0. The molecule has 6 heteroatoms. The Kier molecular flexibility index (Phi) is 4.84. The molecule has 21 heavy (non-hydrogen) atoms. The van der Waals surface area contributed by atoms with Crippen LogP contribution in [0.4, 0.5) is 4.39 Å². The highest BCUT2D eigenvalue weighted by Gasteiger charge is 2.27. The van der Waals surface area contributed by atoms with E-state index in [0.29, 0.717) is 0 Å². The van der Waals surface area contributed by atoms with E-state index in [1.165, 1.54) is 30.3 Å². The first-order valence-electron chi connectivity index (χ1n) is 5.78. The lowest BCUT2D eigenvalue weighted by Crippen LogP contribution is -2.13. The number of ketones is 1. The van der Waals surface area contributed by atoms with Gasteiger partial charge in [-0.3, -0.25) is 4.79 Å². The molecular formula is C15H7Cl3FNO. The topological polar surface area (TPSA) is 40.9 Å². The Labute approximate surface area is 135 Å². The van der Waals surface area contributed by atoms with Gasteiger partial charge < -0.3 is 0 Å². The zero-order valence-electron chi connectivity index (χ0n) is 10.4. The lowest BCUT2D eigenvalue weighted by atomic mass is 9.91. The molecule has 0 heterocycles. The van der Waals surface area contributed by atoms with Crippen molar-refractivity contribution < 1.29 is 9.18 Å². The Bertz CT molecular complexity index is 715. The van der Waals surface area contributed by atoms with Crippen molar-refractivity contribution in [1.82, 2.24) is 0 Å². The molecule has 1 unspecified atom stereocenters. The monoisotopic (exact) mass is 341 g/mol. The molecule has 0 saturated heterocycles. The van der Waals surface area contributed by atoms with E-state index in [1.807, 2.05) is 0 Å². The van der Waals surface area contributed by atoms with Crippen LogP contribution in [0.5, 0.6) is 0 Å². The molecule has 0 aliphatic heterocycles. The third kappa shape index (κ3) is 3.36. The van der Waals surface area contributed by atoms with E-state index in [-0.39, 0.29) is 26.2 Å². The van der Waals surface area contributed by atoms with Gasteiger partial charge >= 0.3 is 0 Å². The van der Waals surface area contributed by atoms with Crippen LogP contribution in [-0.2, 0) is 0 Å². The standard InChI is InChI=1S/C15H7Cl3FNO/c16-9-4-8(5-10(17)6-9)15(21)11(7-20)14-12(18)2-1-3-13(14)19/h1-6,11H. The molecule has 0 spiro atoms. The van der Waals surface area contributed by atoms with Crippen LogP contribution in [0.15, 0.2) is 36.4 Å². The number of rotatable bonds is 3. The predicted molar refractivity (Wildman–Crippen MR) is 80.6 cm³/mol. The Balaban J connectivity index is 2.52. The molecule has 0 bridgehead atoms. The molecule has 0 amide bonds. The number of hydrogen-bond acceptors (Lipinski definition) is 2. The predicted octanol–water partition coefficient (Wildman–Crippen LogP) is 5.28. The Morgan fingerprint density at radius 2 is 1.76 bits per heavy atom. The second-order valence-electron chi connectivity index (χ2n) is 4.22. The largest absolute Gasteiger partial charge is 0.292 e. The van der Waals surface area contributed by atoms with Gasteiger partial charge in [-0.25, -0.2) is 4.39 Å². The third-order valence-corrected chi connectivity index (χ3v) is 3.59. The highest BCUT2D eigenvalue weighted by Crippen LogP contribution is 2.31.